The number of hydrazone groups is 1. The van der Waals surface area contributed by atoms with E-state index >= 15 is 0 Å². The average molecular weight is 223 g/mol. The normalized spacial score (nSPS) is 11.1. The summed E-state index contributed by atoms with van der Waals surface area (Å²) in [5.41, 5.74) is 1.34. The van der Waals surface area contributed by atoms with E-state index in [1.54, 1.807) is 5.23 Å². The van der Waals surface area contributed by atoms with Crippen molar-refractivity contribution in [3.8, 4) is 0 Å². The highest BCUT2D eigenvalue weighted by Crippen LogP contribution is 1.93. The lowest BCUT2D eigenvalue weighted by atomic mass is 10.0. The number of H-pyrrole nitrogens is 2. The summed E-state index contributed by atoms with van der Waals surface area (Å²) in [5, 5.41) is 9.40. The number of urea groups is 1. The van der Waals surface area contributed by atoms with Gasteiger partial charge >= 0.3 is 6.03 Å². The van der Waals surface area contributed by atoms with Gasteiger partial charge in [0.2, 0.25) is 7.98 Å². The molecule has 10 heteroatoms. The van der Waals surface area contributed by atoms with Gasteiger partial charge in [0, 0.05) is 0 Å². The Bertz CT molecular complexity index is 453. The fraction of sp³-hybridized carbons (Fsp3) is 0. The van der Waals surface area contributed by atoms with Crippen LogP contribution in [0.1, 0.15) is 5.56 Å². The van der Waals surface area contributed by atoms with Crippen LogP contribution < -0.4 is 21.8 Å². The van der Waals surface area contributed by atoms with E-state index < -0.39 is 11.6 Å². The summed E-state index contributed by atoms with van der Waals surface area (Å²) < 4.78 is 0. The molecule has 1 aromatic heterocycles. The van der Waals surface area contributed by atoms with Crippen LogP contribution in [0.25, 0.3) is 0 Å². The van der Waals surface area contributed by atoms with Crippen LogP contribution >= 0.6 is 11.6 Å². The van der Waals surface area contributed by atoms with Crippen molar-refractivity contribution in [1.82, 2.24) is 20.9 Å². The molecular formula is C5H4B2ClN5O2. The number of hydrogen-bond acceptors (Lipinski definition) is 3. The minimum Gasteiger partial charge on any atom is -0.390 e. The molecule has 7 nitrogen and oxygen atoms in total. The molecular weight excluding hydrogens is 219 g/mol. The molecule has 1 heterocycles. The van der Waals surface area contributed by atoms with Gasteiger partial charge in [-0.25, -0.2) is 10.2 Å². The molecule has 0 atom stereocenters. The van der Waals surface area contributed by atoms with Crippen molar-refractivity contribution in [2.24, 2.45) is 5.10 Å². The Morgan fingerprint density at radius 3 is 2.60 bits per heavy atom. The number of carbonyl (C=O) groups is 1. The number of aromatic amines is 2. The van der Waals surface area contributed by atoms with Gasteiger partial charge in [-0.2, -0.15) is 5.10 Å². The van der Waals surface area contributed by atoms with E-state index in [1.807, 2.05) is 5.43 Å². The maximum absolute atomic E-state index is 11.1. The standard InChI is InChI=1S/C5H4B2ClN5O2/c6-2-1(4(14)12-10-2)3(8)11-13-5(15)9-7/h(H2,9,13,15)(H2,10,12,14)/b11-3-. The predicted molar refractivity (Wildman–Crippen MR) is 56.6 cm³/mol. The van der Waals surface area contributed by atoms with Crippen molar-refractivity contribution in [3.63, 3.8) is 0 Å². The maximum atomic E-state index is 11.1. The SMILES string of the molecule is [B]NC(=O)N/N=C(\Cl)c1c([B])[nH][nH]c1=O. The van der Waals surface area contributed by atoms with Crippen LogP contribution in [0.15, 0.2) is 9.90 Å². The first kappa shape index (κ1) is 11.4. The number of amides is 2. The molecule has 0 bridgehead atoms. The van der Waals surface area contributed by atoms with E-state index in [9.17, 15) is 9.59 Å². The molecule has 0 fully saturated rings. The number of carbonyl (C=O) groups excluding carboxylic acids is 1. The summed E-state index contributed by atoms with van der Waals surface area (Å²) >= 11 is 5.61. The fourth-order valence-electron chi connectivity index (χ4n) is 0.764. The van der Waals surface area contributed by atoms with Crippen molar-refractivity contribution in [1.29, 1.82) is 0 Å². The van der Waals surface area contributed by atoms with E-state index in [4.69, 9.17) is 27.4 Å². The first-order valence-electron chi connectivity index (χ1n) is 3.62. The number of hydrogen-bond donors (Lipinski definition) is 4. The molecule has 4 N–H and O–H groups in total. The average Bonchev–Trinajstić information content (AvgIpc) is 2.54. The van der Waals surface area contributed by atoms with Gasteiger partial charge in [-0.05, 0) is 5.59 Å². The molecule has 74 valence electrons. The van der Waals surface area contributed by atoms with E-state index in [0.29, 0.717) is 0 Å². The second-order valence-corrected chi connectivity index (χ2v) is 2.71. The summed E-state index contributed by atoms with van der Waals surface area (Å²) in [6.45, 7) is 0. The molecule has 0 aromatic carbocycles. The predicted octanol–water partition coefficient (Wildman–Crippen LogP) is -2.22. The Balaban J connectivity index is 2.89. The molecule has 1 aromatic rings. The van der Waals surface area contributed by atoms with Crippen LogP contribution in [0.2, 0.25) is 0 Å². The van der Waals surface area contributed by atoms with Crippen LogP contribution in [-0.2, 0) is 0 Å². The van der Waals surface area contributed by atoms with E-state index in [-0.39, 0.29) is 16.3 Å². The van der Waals surface area contributed by atoms with Gasteiger partial charge in [-0.3, -0.25) is 9.89 Å². The van der Waals surface area contributed by atoms with E-state index in [0.717, 1.165) is 0 Å². The molecule has 0 unspecified atom stereocenters. The lowest BCUT2D eigenvalue weighted by molar-refractivity contribution is 0.246. The number of nitrogens with zero attached hydrogens (tertiary/aromatic N) is 1. The molecule has 0 saturated carbocycles. The molecule has 0 aliphatic rings. The minimum atomic E-state index is -0.779. The Morgan fingerprint density at radius 2 is 2.13 bits per heavy atom. The number of rotatable bonds is 2. The second kappa shape index (κ2) is 4.74. The minimum absolute atomic E-state index is 0.0173. The summed E-state index contributed by atoms with van der Waals surface area (Å²) in [4.78, 5) is 21.7. The fourth-order valence-corrected chi connectivity index (χ4v) is 0.994. The van der Waals surface area contributed by atoms with Gasteiger partial charge < -0.3 is 10.3 Å². The zero-order chi connectivity index (χ0) is 11.4. The van der Waals surface area contributed by atoms with E-state index in [1.165, 1.54) is 0 Å². The Hall–Kier alpha value is -1.63. The smallest absolute Gasteiger partial charge is 0.322 e. The highest BCUT2D eigenvalue weighted by atomic mass is 35.5. The Labute approximate surface area is 91.5 Å². The number of nitrogens with one attached hydrogen (secondary N) is 4. The second-order valence-electron chi connectivity index (χ2n) is 2.36. The van der Waals surface area contributed by atoms with Crippen molar-refractivity contribution in [2.45, 2.75) is 0 Å². The molecule has 1 rings (SSSR count). The molecule has 0 aliphatic heterocycles. The van der Waals surface area contributed by atoms with E-state index in [2.05, 4.69) is 15.3 Å². The highest BCUT2D eigenvalue weighted by molar-refractivity contribution is 6.71. The van der Waals surface area contributed by atoms with Gasteiger partial charge in [0.05, 0.1) is 5.56 Å². The monoisotopic (exact) mass is 223 g/mol. The van der Waals surface area contributed by atoms with Gasteiger partial charge in [0.15, 0.2) is 5.17 Å². The quantitative estimate of drug-likeness (QED) is 0.259. The summed E-state index contributed by atoms with van der Waals surface area (Å²) in [6, 6.07) is -0.779. The zero-order valence-corrected chi connectivity index (χ0v) is 8.05. The topological polar surface area (TPSA) is 102 Å². The molecule has 4 radical (unpaired) electrons. The van der Waals surface area contributed by atoms with Gasteiger partial charge in [-0.1, -0.05) is 11.6 Å². The van der Waals surface area contributed by atoms with Crippen molar-refractivity contribution in [2.75, 3.05) is 0 Å². The van der Waals surface area contributed by atoms with Crippen molar-refractivity contribution >= 4 is 44.2 Å². The lowest BCUT2D eigenvalue weighted by Gasteiger charge is -1.98. The van der Waals surface area contributed by atoms with Crippen LogP contribution in [0, 0.1) is 0 Å². The van der Waals surface area contributed by atoms with Gasteiger partial charge in [0.25, 0.3) is 5.56 Å². The van der Waals surface area contributed by atoms with Gasteiger partial charge in [0.1, 0.15) is 7.85 Å². The third kappa shape index (κ3) is 2.66. The van der Waals surface area contributed by atoms with Crippen molar-refractivity contribution in [3.05, 3.63) is 15.9 Å². The molecule has 15 heavy (non-hydrogen) atoms. The first-order chi connectivity index (χ1) is 7.06. The molecule has 2 amide bonds. The molecule has 0 aliphatic carbocycles. The van der Waals surface area contributed by atoms with Crippen molar-refractivity contribution < 1.29 is 4.79 Å². The first-order valence-corrected chi connectivity index (χ1v) is 4.00. The largest absolute Gasteiger partial charge is 0.390 e. The summed E-state index contributed by atoms with van der Waals surface area (Å²) in [5.74, 6) is 0. The maximum Gasteiger partial charge on any atom is 0.322 e. The Kier molecular flexibility index (Phi) is 3.62. The zero-order valence-electron chi connectivity index (χ0n) is 7.30. The third-order valence-electron chi connectivity index (χ3n) is 1.40. The van der Waals surface area contributed by atoms with Crippen LogP contribution in [0.4, 0.5) is 4.79 Å². The Morgan fingerprint density at radius 1 is 1.47 bits per heavy atom. The molecule has 0 spiro atoms. The summed E-state index contributed by atoms with van der Waals surface area (Å²) in [7, 11) is 10.1. The lowest BCUT2D eigenvalue weighted by Crippen LogP contribution is -2.31. The third-order valence-corrected chi connectivity index (χ3v) is 1.67. The highest BCUT2D eigenvalue weighted by Gasteiger charge is 2.10. The van der Waals surface area contributed by atoms with Crippen LogP contribution in [0.5, 0.6) is 0 Å². The summed E-state index contributed by atoms with van der Waals surface area (Å²) in [6.07, 6.45) is 0. The van der Waals surface area contributed by atoms with Gasteiger partial charge in [-0.15, -0.1) is 0 Å². The number of halogens is 1. The van der Waals surface area contributed by atoms with Crippen LogP contribution in [0.3, 0.4) is 0 Å². The number of aromatic nitrogens is 2. The molecule has 0 saturated heterocycles. The van der Waals surface area contributed by atoms with Crippen LogP contribution in [-0.4, -0.2) is 37.2 Å².